The number of fused-ring (bicyclic) bond motifs is 4. The van der Waals surface area contributed by atoms with Crippen molar-refractivity contribution in [1.82, 2.24) is 15.3 Å². The Hall–Kier alpha value is -5.55. The van der Waals surface area contributed by atoms with Crippen molar-refractivity contribution in [3.63, 3.8) is 0 Å². The van der Waals surface area contributed by atoms with Crippen molar-refractivity contribution >= 4 is 46.0 Å². The molecule has 61 heavy (non-hydrogen) atoms. The van der Waals surface area contributed by atoms with Gasteiger partial charge >= 0.3 is 11.9 Å². The SMILES string of the molecule is C[C@@H](COc1ccnc2c1[C@H](C)CCC2)CC1Cc2ccc(OCCCC(=O)NC(C(=O)O)c3ccc4cc[nH]c4c3)cc2C12CCC(Nc1cccc(Cl)c1)(C(=O)O)CC2. The van der Waals surface area contributed by atoms with E-state index in [-0.39, 0.29) is 36.2 Å². The Labute approximate surface area is 361 Å². The number of carbonyl (C=O) groups excluding carboxylic acids is 1. The fraction of sp³-hybridized carbons (Fsp3) is 0.429. The number of anilines is 1. The standard InChI is InChI=1S/C49H55ClN4O7/c1-30(29-61-42-16-22-51-40-9-3-6-31(2)44(40)42)24-35-25-33-13-14-38(60-23-5-10-43(55)53-45(46(56)57)34-12-11-32-15-21-52-41(32)26-34)28-39(33)48(35)17-19-49(20-18-48,47(58)59)54-37-8-4-7-36(50)27-37/h4,7-8,11-16,21-22,26-28,30-31,35,45,52,54H,3,5-6,9-10,17-20,23-25,29H2,1-2H3,(H,53,55)(H,56,57)(H,58,59)/t30-,31-,35?,45?,48?,49?/m1/s1. The summed E-state index contributed by atoms with van der Waals surface area (Å²) in [5, 5.41) is 28.2. The van der Waals surface area contributed by atoms with Gasteiger partial charge in [0.1, 0.15) is 17.0 Å². The van der Waals surface area contributed by atoms with Crippen molar-refractivity contribution in [3.05, 3.63) is 118 Å². The summed E-state index contributed by atoms with van der Waals surface area (Å²) >= 11 is 6.30. The van der Waals surface area contributed by atoms with E-state index in [2.05, 4.69) is 46.6 Å². The van der Waals surface area contributed by atoms with Gasteiger partial charge in [-0.3, -0.25) is 9.78 Å². The lowest BCUT2D eigenvalue weighted by atomic mass is 9.59. The first-order valence-corrected chi connectivity index (χ1v) is 22.0. The first-order valence-electron chi connectivity index (χ1n) is 21.7. The van der Waals surface area contributed by atoms with Gasteiger partial charge in [0.2, 0.25) is 5.91 Å². The number of aromatic amines is 1. The molecule has 3 aromatic carbocycles. The van der Waals surface area contributed by atoms with E-state index in [0.29, 0.717) is 66.7 Å². The van der Waals surface area contributed by atoms with Crippen molar-refractivity contribution in [2.75, 3.05) is 18.5 Å². The first kappa shape index (κ1) is 42.2. The van der Waals surface area contributed by atoms with Crippen LogP contribution >= 0.6 is 11.6 Å². The number of H-pyrrole nitrogens is 1. The molecule has 5 aromatic rings. The molecule has 3 aliphatic rings. The van der Waals surface area contributed by atoms with E-state index in [9.17, 15) is 24.6 Å². The fourth-order valence-electron chi connectivity index (χ4n) is 10.4. The molecule has 1 fully saturated rings. The number of pyridine rings is 1. The van der Waals surface area contributed by atoms with Crippen molar-refractivity contribution in [2.45, 2.75) is 107 Å². The number of ether oxygens (including phenoxy) is 2. The summed E-state index contributed by atoms with van der Waals surface area (Å²) in [5.41, 5.74) is 5.44. The number of carbonyl (C=O) groups is 3. The third-order valence-corrected chi connectivity index (χ3v) is 13.8. The van der Waals surface area contributed by atoms with Crippen LogP contribution in [0.4, 0.5) is 5.69 Å². The largest absolute Gasteiger partial charge is 0.494 e. The first-order chi connectivity index (χ1) is 29.4. The zero-order valence-electron chi connectivity index (χ0n) is 34.8. The van der Waals surface area contributed by atoms with Gasteiger partial charge in [0.05, 0.1) is 13.2 Å². The minimum Gasteiger partial charge on any atom is -0.494 e. The van der Waals surface area contributed by atoms with E-state index in [1.165, 1.54) is 16.7 Å². The lowest BCUT2D eigenvalue weighted by molar-refractivity contribution is -0.144. The second-order valence-corrected chi connectivity index (χ2v) is 18.1. The monoisotopic (exact) mass is 846 g/mol. The second-order valence-electron chi connectivity index (χ2n) is 17.6. The molecule has 0 aliphatic heterocycles. The van der Waals surface area contributed by atoms with Gasteiger partial charge in [0.25, 0.3) is 0 Å². The van der Waals surface area contributed by atoms with Gasteiger partial charge < -0.3 is 35.3 Å². The summed E-state index contributed by atoms with van der Waals surface area (Å²) in [7, 11) is 0. The van der Waals surface area contributed by atoms with E-state index in [0.717, 1.165) is 54.5 Å². The van der Waals surface area contributed by atoms with E-state index in [1.54, 1.807) is 30.5 Å². The molecule has 3 aliphatic carbocycles. The summed E-state index contributed by atoms with van der Waals surface area (Å²) in [6.45, 7) is 5.36. The Balaban J connectivity index is 0.957. The average molecular weight is 847 g/mol. The number of benzene rings is 3. The zero-order chi connectivity index (χ0) is 42.7. The minimum atomic E-state index is -1.17. The molecule has 1 amide bonds. The average Bonchev–Trinajstić information content (AvgIpc) is 3.83. The molecular formula is C49H55ClN4O7. The number of hydrogen-bond donors (Lipinski definition) is 5. The molecule has 2 aromatic heterocycles. The van der Waals surface area contributed by atoms with Gasteiger partial charge in [-0.2, -0.15) is 0 Å². The maximum absolute atomic E-state index is 13.1. The summed E-state index contributed by atoms with van der Waals surface area (Å²) in [4.78, 5) is 45.9. The van der Waals surface area contributed by atoms with E-state index < -0.39 is 23.5 Å². The normalized spacial score (nSPS) is 22.8. The summed E-state index contributed by atoms with van der Waals surface area (Å²) < 4.78 is 12.9. The van der Waals surface area contributed by atoms with Crippen LogP contribution < -0.4 is 20.1 Å². The van der Waals surface area contributed by atoms with E-state index in [4.69, 9.17) is 21.1 Å². The molecular weight excluding hydrogens is 792 g/mol. The minimum absolute atomic E-state index is 0.101. The maximum Gasteiger partial charge on any atom is 0.330 e. The molecule has 2 heterocycles. The quantitative estimate of drug-likeness (QED) is 0.0609. The van der Waals surface area contributed by atoms with Crippen LogP contribution in [0.15, 0.2) is 85.2 Å². The molecule has 2 unspecified atom stereocenters. The molecule has 1 saturated carbocycles. The molecule has 320 valence electrons. The van der Waals surface area contributed by atoms with Crippen molar-refractivity contribution in [3.8, 4) is 11.5 Å². The van der Waals surface area contributed by atoms with Crippen LogP contribution in [-0.2, 0) is 32.6 Å². The Morgan fingerprint density at radius 3 is 2.62 bits per heavy atom. The lowest BCUT2D eigenvalue weighted by Gasteiger charge is -2.47. The van der Waals surface area contributed by atoms with Crippen LogP contribution in [0.1, 0.15) is 112 Å². The third kappa shape index (κ3) is 8.94. The number of aliphatic carboxylic acids is 2. The highest BCUT2D eigenvalue weighted by Crippen LogP contribution is 2.57. The molecule has 4 atom stereocenters. The van der Waals surface area contributed by atoms with Crippen LogP contribution in [0.5, 0.6) is 11.5 Å². The van der Waals surface area contributed by atoms with Crippen LogP contribution in [-0.4, -0.2) is 56.8 Å². The number of aromatic nitrogens is 2. The summed E-state index contributed by atoms with van der Waals surface area (Å²) in [6, 6.07) is 21.5. The number of nitrogens with one attached hydrogen (secondary N) is 3. The number of carboxylic acids is 2. The highest BCUT2D eigenvalue weighted by atomic mass is 35.5. The predicted octanol–water partition coefficient (Wildman–Crippen LogP) is 9.78. The third-order valence-electron chi connectivity index (χ3n) is 13.5. The summed E-state index contributed by atoms with van der Waals surface area (Å²) in [5.74, 6) is 0.199. The highest BCUT2D eigenvalue weighted by Gasteiger charge is 2.54. The number of carboxylic acid groups (broad SMARTS) is 2. The van der Waals surface area contributed by atoms with Gasteiger partial charge in [-0.15, -0.1) is 0 Å². The molecule has 1 spiro atoms. The van der Waals surface area contributed by atoms with Gasteiger partial charge in [0.15, 0.2) is 6.04 Å². The van der Waals surface area contributed by atoms with Gasteiger partial charge in [0, 0.05) is 46.3 Å². The zero-order valence-corrected chi connectivity index (χ0v) is 35.6. The molecule has 0 bridgehead atoms. The number of halogens is 1. The molecule has 8 rings (SSSR count). The lowest BCUT2D eigenvalue weighted by Crippen LogP contribution is -2.53. The van der Waals surface area contributed by atoms with Gasteiger partial charge in [-0.1, -0.05) is 49.7 Å². The summed E-state index contributed by atoms with van der Waals surface area (Å²) in [6.07, 6.45) is 11.5. The molecule has 0 saturated heterocycles. The number of aryl methyl sites for hydroxylation is 1. The molecule has 12 heteroatoms. The fourth-order valence-corrected chi connectivity index (χ4v) is 10.5. The van der Waals surface area contributed by atoms with Gasteiger partial charge in [-0.25, -0.2) is 9.59 Å². The van der Waals surface area contributed by atoms with E-state index >= 15 is 0 Å². The predicted molar refractivity (Wildman–Crippen MR) is 236 cm³/mol. The highest BCUT2D eigenvalue weighted by molar-refractivity contribution is 6.30. The topological polar surface area (TPSA) is 163 Å². The van der Waals surface area contributed by atoms with Crippen LogP contribution in [0.25, 0.3) is 10.9 Å². The number of hydrogen-bond acceptors (Lipinski definition) is 7. The smallest absolute Gasteiger partial charge is 0.330 e. The van der Waals surface area contributed by atoms with Crippen molar-refractivity contribution < 1.29 is 34.1 Å². The number of amides is 1. The number of nitrogens with zero attached hydrogens (tertiary/aromatic N) is 1. The van der Waals surface area contributed by atoms with Crippen LogP contribution in [0, 0.1) is 11.8 Å². The molecule has 11 nitrogen and oxygen atoms in total. The van der Waals surface area contributed by atoms with Crippen molar-refractivity contribution in [2.24, 2.45) is 11.8 Å². The molecule has 5 N–H and O–H groups in total. The van der Waals surface area contributed by atoms with Crippen LogP contribution in [0.3, 0.4) is 0 Å². The Morgan fingerprint density at radius 2 is 1.84 bits per heavy atom. The van der Waals surface area contributed by atoms with Gasteiger partial charge in [-0.05, 0) is 158 Å². The Kier molecular flexibility index (Phi) is 12.3. The maximum atomic E-state index is 13.1. The molecule has 0 radical (unpaired) electrons. The van der Waals surface area contributed by atoms with Crippen LogP contribution in [0.2, 0.25) is 5.02 Å². The van der Waals surface area contributed by atoms with E-state index in [1.807, 2.05) is 42.6 Å². The Morgan fingerprint density at radius 1 is 1.00 bits per heavy atom. The van der Waals surface area contributed by atoms with Crippen molar-refractivity contribution in [1.29, 1.82) is 0 Å². The Bertz CT molecular complexity index is 2410. The second kappa shape index (κ2) is 17.8. The number of rotatable bonds is 16.